The van der Waals surface area contributed by atoms with Gasteiger partial charge in [0, 0.05) is 0 Å². The summed E-state index contributed by atoms with van der Waals surface area (Å²) in [5.41, 5.74) is 20.0. The van der Waals surface area contributed by atoms with Crippen molar-refractivity contribution >= 4 is 53.9 Å². The number of rotatable bonds is 6. The minimum Gasteiger partial charge on any atom is -0.0622 e. The molecule has 0 fully saturated rings. The highest BCUT2D eigenvalue weighted by Gasteiger charge is 2.32. The summed E-state index contributed by atoms with van der Waals surface area (Å²) in [5, 5.41) is 12.9. The highest BCUT2D eigenvalue weighted by Crippen LogP contribution is 2.60. The number of hydrogen-bond acceptors (Lipinski definition) is 0. The third kappa shape index (κ3) is 5.65. The van der Waals surface area contributed by atoms with Crippen LogP contribution in [0.3, 0.4) is 0 Å². The normalized spacial score (nSPS) is 11.9. The zero-order chi connectivity index (χ0) is 43.3. The van der Waals surface area contributed by atoms with Crippen molar-refractivity contribution in [1.82, 2.24) is 0 Å². The van der Waals surface area contributed by atoms with Crippen molar-refractivity contribution in [2.75, 3.05) is 0 Å². The van der Waals surface area contributed by atoms with Crippen molar-refractivity contribution in [1.29, 1.82) is 0 Å². The van der Waals surface area contributed by atoms with E-state index in [4.69, 9.17) is 0 Å². The maximum absolute atomic E-state index is 2.50. The summed E-state index contributed by atoms with van der Waals surface area (Å²) in [7, 11) is 0. The molecule has 0 bridgehead atoms. The molecule has 0 aromatic heterocycles. The highest BCUT2D eigenvalue weighted by molar-refractivity contribution is 6.36. The molecule has 0 aliphatic heterocycles. The molecule has 0 heterocycles. The lowest BCUT2D eigenvalue weighted by Gasteiger charge is -2.22. The Morgan fingerprint density at radius 2 is 0.545 bits per heavy atom. The third-order valence-electron chi connectivity index (χ3n) is 14.3. The smallest absolute Gasteiger partial charge is 0.000718 e. The Morgan fingerprint density at radius 3 is 1.09 bits per heavy atom. The molecule has 304 valence electrons. The molecule has 66 heavy (non-hydrogen) atoms. The first-order valence-corrected chi connectivity index (χ1v) is 23.0. The summed E-state index contributed by atoms with van der Waals surface area (Å²) in [5.74, 6) is 0. The molecule has 0 N–H and O–H groups in total. The largest absolute Gasteiger partial charge is 0.0622 e. The van der Waals surface area contributed by atoms with E-state index in [-0.39, 0.29) is 0 Å². The Balaban J connectivity index is 1.06. The van der Waals surface area contributed by atoms with Gasteiger partial charge in [0.1, 0.15) is 0 Å². The Bertz CT molecular complexity index is 4050. The lowest BCUT2D eigenvalue weighted by molar-refractivity contribution is 1.58. The molecule has 0 saturated carbocycles. The molecular formula is C66H40. The van der Waals surface area contributed by atoms with Crippen LogP contribution in [0.1, 0.15) is 0 Å². The van der Waals surface area contributed by atoms with E-state index in [1.54, 1.807) is 0 Å². The maximum atomic E-state index is 2.50. The minimum atomic E-state index is 1.20. The van der Waals surface area contributed by atoms with Gasteiger partial charge in [-0.1, -0.05) is 212 Å². The van der Waals surface area contributed by atoms with Gasteiger partial charge in [-0.15, -0.1) is 0 Å². The van der Waals surface area contributed by atoms with Crippen LogP contribution in [0.2, 0.25) is 0 Å². The van der Waals surface area contributed by atoms with Crippen molar-refractivity contribution in [2.45, 2.75) is 0 Å². The van der Waals surface area contributed by atoms with Crippen LogP contribution >= 0.6 is 0 Å². The van der Waals surface area contributed by atoms with E-state index in [1.807, 2.05) is 0 Å². The van der Waals surface area contributed by atoms with E-state index >= 15 is 0 Å². The van der Waals surface area contributed by atoms with Crippen molar-refractivity contribution in [3.8, 4) is 89.0 Å². The van der Waals surface area contributed by atoms with E-state index in [0.29, 0.717) is 0 Å². The average Bonchev–Trinajstić information content (AvgIpc) is 3.71. The standard InChI is InChI=1S/C66H40/c1-3-12-41(13-4-1)43-24-28-45(29-25-43)49-19-10-21-53(36-49)61-57-38-51-16-7-8-17-52(51)39-58(57)62(54-22-11-20-50(37-54)46-30-26-44(27-31-46)42-14-5-2-6-15-42)66-59-40-55-23-9-18-47-32-33-48-34-35-56(65(61)66)64(59)63(48)60(47)55/h1-40H. The van der Waals surface area contributed by atoms with Gasteiger partial charge in [-0.25, -0.2) is 0 Å². The fraction of sp³-hybridized carbons (Fsp3) is 0. The first-order chi connectivity index (χ1) is 32.7. The van der Waals surface area contributed by atoms with Gasteiger partial charge in [0.05, 0.1) is 0 Å². The summed E-state index contributed by atoms with van der Waals surface area (Å²) in [4.78, 5) is 0. The highest BCUT2D eigenvalue weighted by atomic mass is 14.3. The molecule has 13 aromatic rings. The van der Waals surface area contributed by atoms with Gasteiger partial charge in [0.25, 0.3) is 0 Å². The monoisotopic (exact) mass is 832 g/mol. The van der Waals surface area contributed by atoms with E-state index in [1.165, 1.54) is 143 Å². The predicted molar refractivity (Wildman–Crippen MR) is 282 cm³/mol. The van der Waals surface area contributed by atoms with Crippen LogP contribution in [0, 0.1) is 0 Å². The second kappa shape index (κ2) is 14.5. The molecule has 0 spiro atoms. The second-order valence-electron chi connectivity index (χ2n) is 17.9. The van der Waals surface area contributed by atoms with Crippen molar-refractivity contribution in [3.63, 3.8) is 0 Å². The van der Waals surface area contributed by atoms with Crippen molar-refractivity contribution in [3.05, 3.63) is 243 Å². The van der Waals surface area contributed by atoms with Crippen LogP contribution in [-0.4, -0.2) is 0 Å². The van der Waals surface area contributed by atoms with Gasteiger partial charge >= 0.3 is 0 Å². The van der Waals surface area contributed by atoms with Crippen LogP contribution in [0.5, 0.6) is 0 Å². The summed E-state index contributed by atoms with van der Waals surface area (Å²) >= 11 is 0. The number of fused-ring (bicyclic) bond motifs is 5. The third-order valence-corrected chi connectivity index (χ3v) is 14.3. The fourth-order valence-electron chi connectivity index (χ4n) is 11.2. The van der Waals surface area contributed by atoms with Crippen LogP contribution in [0.4, 0.5) is 0 Å². The quantitative estimate of drug-likeness (QED) is 0.116. The van der Waals surface area contributed by atoms with Gasteiger partial charge in [-0.2, -0.15) is 0 Å². The van der Waals surface area contributed by atoms with Gasteiger partial charge in [0.2, 0.25) is 0 Å². The van der Waals surface area contributed by atoms with E-state index in [0.717, 1.165) is 0 Å². The Labute approximate surface area is 383 Å². The summed E-state index contributed by atoms with van der Waals surface area (Å²) < 4.78 is 0. The van der Waals surface area contributed by atoms with Gasteiger partial charge in [-0.05, 0) is 173 Å². The molecule has 0 nitrogen and oxygen atoms in total. The van der Waals surface area contributed by atoms with Crippen molar-refractivity contribution in [2.24, 2.45) is 0 Å². The molecule has 13 aromatic carbocycles. The van der Waals surface area contributed by atoms with E-state index in [9.17, 15) is 0 Å². The topological polar surface area (TPSA) is 0 Å². The number of benzene rings is 13. The van der Waals surface area contributed by atoms with Crippen LogP contribution in [0.25, 0.3) is 143 Å². The molecule has 1 aliphatic carbocycles. The summed E-state index contributed by atoms with van der Waals surface area (Å²) in [6, 6.07) is 90.4. The molecule has 0 saturated heterocycles. The van der Waals surface area contributed by atoms with Gasteiger partial charge in [0.15, 0.2) is 0 Å². The molecule has 0 heteroatoms. The van der Waals surface area contributed by atoms with E-state index in [2.05, 4.69) is 243 Å². The zero-order valence-corrected chi connectivity index (χ0v) is 36.1. The lowest BCUT2D eigenvalue weighted by atomic mass is 9.81. The molecule has 14 rings (SSSR count). The maximum Gasteiger partial charge on any atom is -0.000718 e. The molecule has 0 amide bonds. The predicted octanol–water partition coefficient (Wildman–Crippen LogP) is 18.5. The summed E-state index contributed by atoms with van der Waals surface area (Å²) in [6.45, 7) is 0. The first-order valence-electron chi connectivity index (χ1n) is 23.0. The molecular weight excluding hydrogens is 793 g/mol. The van der Waals surface area contributed by atoms with Gasteiger partial charge < -0.3 is 0 Å². The Morgan fingerprint density at radius 1 is 0.167 bits per heavy atom. The number of hydrogen-bond donors (Lipinski definition) is 0. The van der Waals surface area contributed by atoms with Crippen LogP contribution in [0.15, 0.2) is 243 Å². The van der Waals surface area contributed by atoms with E-state index < -0.39 is 0 Å². The Hall–Kier alpha value is -8.58. The van der Waals surface area contributed by atoms with Crippen molar-refractivity contribution < 1.29 is 0 Å². The lowest BCUT2D eigenvalue weighted by Crippen LogP contribution is -1.95. The molecule has 0 unspecified atom stereocenters. The van der Waals surface area contributed by atoms with Crippen LogP contribution < -0.4 is 0 Å². The first kappa shape index (κ1) is 36.9. The average molecular weight is 833 g/mol. The van der Waals surface area contributed by atoms with Gasteiger partial charge in [-0.3, -0.25) is 0 Å². The second-order valence-corrected chi connectivity index (χ2v) is 17.9. The Kier molecular flexibility index (Phi) is 8.08. The zero-order valence-electron chi connectivity index (χ0n) is 36.1. The minimum absolute atomic E-state index is 1.20. The molecule has 0 radical (unpaired) electrons. The SMILES string of the molecule is c1ccc(-c2ccc(-c3cccc(-c4c5c(c(-c6cccc(-c7ccc(-c8ccccc8)cc7)c6)c6cc7ccccc7cc46)-c4cc6cccc7ccc8ccc-5c4c8c76)c3)cc2)cc1. The molecule has 1 aliphatic rings. The summed E-state index contributed by atoms with van der Waals surface area (Å²) in [6.07, 6.45) is 0. The molecule has 0 atom stereocenters. The van der Waals surface area contributed by atoms with Crippen LogP contribution in [-0.2, 0) is 0 Å². The fourth-order valence-corrected chi connectivity index (χ4v) is 11.2.